The Labute approximate surface area is 116 Å². The molecule has 1 aliphatic heterocycles. The molecule has 0 aliphatic carbocycles. The first-order valence-electron chi connectivity index (χ1n) is 6.93. The molecular weight excluding hydrogens is 234 g/mol. The first kappa shape index (κ1) is 13.9. The summed E-state index contributed by atoms with van der Waals surface area (Å²) < 4.78 is 0. The van der Waals surface area contributed by atoms with Crippen molar-refractivity contribution in [3.05, 3.63) is 29.3 Å². The number of benzene rings is 1. The quantitative estimate of drug-likeness (QED) is 0.623. The molecule has 19 heavy (non-hydrogen) atoms. The predicted octanol–water partition coefficient (Wildman–Crippen LogP) is 1.68. The summed E-state index contributed by atoms with van der Waals surface area (Å²) in [6.45, 7) is 4.50. The van der Waals surface area contributed by atoms with Crippen molar-refractivity contribution in [2.75, 3.05) is 31.6 Å². The van der Waals surface area contributed by atoms with Crippen LogP contribution in [-0.4, -0.2) is 26.7 Å². The van der Waals surface area contributed by atoms with E-state index < -0.39 is 0 Å². The van der Waals surface area contributed by atoms with E-state index in [4.69, 9.17) is 5.73 Å². The molecule has 0 bridgehead atoms. The molecule has 0 saturated heterocycles. The first-order valence-corrected chi connectivity index (χ1v) is 6.93. The Morgan fingerprint density at radius 3 is 3.05 bits per heavy atom. The average molecular weight is 257 g/mol. The number of nitrogens with two attached hydrogens (primary N) is 1. The van der Waals surface area contributed by atoms with Crippen LogP contribution in [0.2, 0.25) is 0 Å². The zero-order chi connectivity index (χ0) is 13.7. The van der Waals surface area contributed by atoms with Gasteiger partial charge >= 0.3 is 0 Å². The van der Waals surface area contributed by atoms with Crippen LogP contribution in [0.25, 0.3) is 0 Å². The molecule has 0 spiro atoms. The maximum Gasteiger partial charge on any atom is 0.0444 e. The van der Waals surface area contributed by atoms with Crippen LogP contribution in [-0.2, 0) is 6.42 Å². The normalized spacial score (nSPS) is 14.8. The van der Waals surface area contributed by atoms with Crippen LogP contribution in [0.3, 0.4) is 0 Å². The number of likely N-dealkylation sites (N-methyl/N-ethyl adjacent to an activating group) is 1. The first-order chi connectivity index (χ1) is 9.26. The van der Waals surface area contributed by atoms with Crippen LogP contribution in [0, 0.1) is 11.8 Å². The van der Waals surface area contributed by atoms with Crippen molar-refractivity contribution in [3.8, 4) is 11.8 Å². The van der Waals surface area contributed by atoms with Gasteiger partial charge in [0.25, 0.3) is 0 Å². The Kier molecular flexibility index (Phi) is 4.84. The summed E-state index contributed by atoms with van der Waals surface area (Å²) in [7, 11) is 2.15. The van der Waals surface area contributed by atoms with Gasteiger partial charge in [-0.05, 0) is 30.5 Å². The van der Waals surface area contributed by atoms with E-state index in [0.29, 0.717) is 6.54 Å². The van der Waals surface area contributed by atoms with Gasteiger partial charge in [0.05, 0.1) is 0 Å². The van der Waals surface area contributed by atoms with Gasteiger partial charge in [-0.1, -0.05) is 12.1 Å². The second kappa shape index (κ2) is 6.60. The van der Waals surface area contributed by atoms with E-state index >= 15 is 0 Å². The van der Waals surface area contributed by atoms with Crippen molar-refractivity contribution in [1.29, 1.82) is 0 Å². The molecular formula is C16H23N3. The van der Waals surface area contributed by atoms with E-state index in [9.17, 15) is 0 Å². The highest BCUT2D eigenvalue weighted by Crippen LogP contribution is 2.29. The number of hydrogen-bond acceptors (Lipinski definition) is 3. The van der Waals surface area contributed by atoms with Crippen LogP contribution in [0.4, 0.5) is 5.69 Å². The molecule has 2 rings (SSSR count). The van der Waals surface area contributed by atoms with Crippen LogP contribution in [0.15, 0.2) is 18.2 Å². The summed E-state index contributed by atoms with van der Waals surface area (Å²) in [4.78, 5) is 2.31. The van der Waals surface area contributed by atoms with Gasteiger partial charge in [0, 0.05) is 44.8 Å². The van der Waals surface area contributed by atoms with Gasteiger partial charge < -0.3 is 16.0 Å². The zero-order valence-corrected chi connectivity index (χ0v) is 11.9. The van der Waals surface area contributed by atoms with Gasteiger partial charge in [-0.3, -0.25) is 0 Å². The van der Waals surface area contributed by atoms with Gasteiger partial charge in [0.1, 0.15) is 0 Å². The second-order valence-corrected chi connectivity index (χ2v) is 4.98. The van der Waals surface area contributed by atoms with E-state index in [-0.39, 0.29) is 6.04 Å². The summed E-state index contributed by atoms with van der Waals surface area (Å²) in [5, 5.41) is 3.48. The summed E-state index contributed by atoms with van der Waals surface area (Å²) >= 11 is 0. The van der Waals surface area contributed by atoms with Gasteiger partial charge in [0.15, 0.2) is 0 Å². The topological polar surface area (TPSA) is 41.3 Å². The molecule has 0 amide bonds. The van der Waals surface area contributed by atoms with E-state index in [2.05, 4.69) is 47.3 Å². The van der Waals surface area contributed by atoms with Crippen LogP contribution < -0.4 is 16.0 Å². The fraction of sp³-hybridized carbons (Fsp3) is 0.500. The Bertz CT molecular complexity index is 485. The molecule has 0 saturated carbocycles. The molecule has 3 N–H and O–H groups in total. The number of hydrogen-bond donors (Lipinski definition) is 2. The highest BCUT2D eigenvalue weighted by Gasteiger charge is 2.17. The fourth-order valence-corrected chi connectivity index (χ4v) is 2.57. The minimum atomic E-state index is 0.231. The molecule has 3 nitrogen and oxygen atoms in total. The number of anilines is 1. The van der Waals surface area contributed by atoms with Gasteiger partial charge in [-0.15, -0.1) is 11.8 Å². The zero-order valence-electron chi connectivity index (χ0n) is 11.9. The molecule has 0 aromatic heterocycles. The minimum Gasteiger partial charge on any atom is -0.374 e. The summed E-state index contributed by atoms with van der Waals surface area (Å²) in [6, 6.07) is 6.94. The number of nitrogens with zero attached hydrogens (tertiary/aromatic N) is 1. The van der Waals surface area contributed by atoms with Crippen LogP contribution in [0.1, 0.15) is 30.5 Å². The lowest BCUT2D eigenvalue weighted by molar-refractivity contribution is 0.550. The third-order valence-corrected chi connectivity index (χ3v) is 3.69. The van der Waals surface area contributed by atoms with Crippen LogP contribution >= 0.6 is 0 Å². The lowest BCUT2D eigenvalue weighted by Crippen LogP contribution is -2.29. The third kappa shape index (κ3) is 3.28. The molecule has 0 fully saturated rings. The van der Waals surface area contributed by atoms with Gasteiger partial charge in [-0.2, -0.15) is 0 Å². The SMILES string of the molecule is CC#CCCNC(CN)c1ccc2c(c1)CCN2C. The Morgan fingerprint density at radius 2 is 2.32 bits per heavy atom. The fourth-order valence-electron chi connectivity index (χ4n) is 2.57. The van der Waals surface area contributed by atoms with E-state index in [1.54, 1.807) is 0 Å². The lowest BCUT2D eigenvalue weighted by atomic mass is 10.0. The van der Waals surface area contributed by atoms with Crippen molar-refractivity contribution in [3.63, 3.8) is 0 Å². The van der Waals surface area contributed by atoms with E-state index in [0.717, 1.165) is 25.9 Å². The Balaban J connectivity index is 2.04. The summed E-state index contributed by atoms with van der Waals surface area (Å²) in [5.74, 6) is 5.98. The Morgan fingerprint density at radius 1 is 1.47 bits per heavy atom. The Hall–Kier alpha value is -1.50. The molecule has 1 aromatic carbocycles. The molecule has 1 heterocycles. The van der Waals surface area contributed by atoms with Gasteiger partial charge in [-0.25, -0.2) is 0 Å². The predicted molar refractivity (Wildman–Crippen MR) is 81.3 cm³/mol. The molecule has 3 heteroatoms. The maximum atomic E-state index is 5.88. The average Bonchev–Trinajstić information content (AvgIpc) is 2.80. The lowest BCUT2D eigenvalue weighted by Gasteiger charge is -2.18. The van der Waals surface area contributed by atoms with E-state index in [1.165, 1.54) is 16.8 Å². The minimum absolute atomic E-state index is 0.231. The second-order valence-electron chi connectivity index (χ2n) is 4.98. The number of nitrogens with one attached hydrogen (secondary N) is 1. The number of rotatable bonds is 5. The van der Waals surface area contributed by atoms with E-state index in [1.807, 2.05) is 6.92 Å². The van der Waals surface area contributed by atoms with Crippen molar-refractivity contribution >= 4 is 5.69 Å². The third-order valence-electron chi connectivity index (χ3n) is 3.69. The molecule has 1 atom stereocenters. The highest BCUT2D eigenvalue weighted by molar-refractivity contribution is 5.58. The standard InChI is InChI=1S/C16H23N3/c1-3-4-5-9-18-15(12-17)13-6-7-16-14(11-13)8-10-19(16)2/h6-7,11,15,18H,5,8-10,12,17H2,1-2H3. The molecule has 1 aliphatic rings. The summed E-state index contributed by atoms with van der Waals surface area (Å²) in [5.41, 5.74) is 9.97. The molecule has 1 aromatic rings. The van der Waals surface area contributed by atoms with Crippen molar-refractivity contribution in [2.45, 2.75) is 25.8 Å². The molecule has 102 valence electrons. The largest absolute Gasteiger partial charge is 0.374 e. The molecule has 0 radical (unpaired) electrons. The highest BCUT2D eigenvalue weighted by atomic mass is 15.1. The smallest absolute Gasteiger partial charge is 0.0444 e. The van der Waals surface area contributed by atoms with Gasteiger partial charge in [0.2, 0.25) is 0 Å². The van der Waals surface area contributed by atoms with Crippen molar-refractivity contribution < 1.29 is 0 Å². The summed E-state index contributed by atoms with van der Waals surface area (Å²) in [6.07, 6.45) is 2.01. The van der Waals surface area contributed by atoms with Crippen molar-refractivity contribution in [2.24, 2.45) is 5.73 Å². The molecule has 1 unspecified atom stereocenters. The maximum absolute atomic E-state index is 5.88. The number of fused-ring (bicyclic) bond motifs is 1. The van der Waals surface area contributed by atoms with Crippen molar-refractivity contribution in [1.82, 2.24) is 5.32 Å². The van der Waals surface area contributed by atoms with Crippen LogP contribution in [0.5, 0.6) is 0 Å². The monoisotopic (exact) mass is 257 g/mol.